The number of aryl methyl sites for hydroxylation is 1. The van der Waals surface area contributed by atoms with E-state index >= 15 is 0 Å². The summed E-state index contributed by atoms with van der Waals surface area (Å²) in [5.74, 6) is -1.73. The van der Waals surface area contributed by atoms with Gasteiger partial charge in [-0.15, -0.1) is 0 Å². The zero-order valence-electron chi connectivity index (χ0n) is 16.7. The van der Waals surface area contributed by atoms with E-state index in [1.54, 1.807) is 31.4 Å². The molecule has 0 bridgehead atoms. The molecule has 0 saturated carbocycles. The summed E-state index contributed by atoms with van der Waals surface area (Å²) < 4.78 is 11.1. The number of halogens is 1. The summed E-state index contributed by atoms with van der Waals surface area (Å²) in [6, 6.07) is 9.79. The molecule has 7 nitrogen and oxygen atoms in total. The van der Waals surface area contributed by atoms with Crippen LogP contribution in [0.2, 0.25) is 5.02 Å². The van der Waals surface area contributed by atoms with E-state index < -0.39 is 23.5 Å². The molecule has 2 aromatic heterocycles. The first-order valence-electron chi connectivity index (χ1n) is 9.50. The van der Waals surface area contributed by atoms with Crippen LogP contribution in [0.1, 0.15) is 18.1 Å². The molecule has 2 N–H and O–H groups in total. The smallest absolute Gasteiger partial charge is 0.340 e. The Morgan fingerprint density at radius 1 is 1.13 bits per heavy atom. The lowest BCUT2D eigenvalue weighted by atomic mass is 9.99. The van der Waals surface area contributed by atoms with E-state index in [-0.39, 0.29) is 12.0 Å². The fourth-order valence-electron chi connectivity index (χ4n) is 3.48. The van der Waals surface area contributed by atoms with E-state index in [1.807, 2.05) is 18.2 Å². The summed E-state index contributed by atoms with van der Waals surface area (Å²) in [6.45, 7) is 3.08. The molecule has 0 aliphatic rings. The summed E-state index contributed by atoms with van der Waals surface area (Å²) >= 11 is 5.98. The Morgan fingerprint density at radius 3 is 2.52 bits per heavy atom. The summed E-state index contributed by atoms with van der Waals surface area (Å²) in [5, 5.41) is 13.4. The van der Waals surface area contributed by atoms with Crippen molar-refractivity contribution in [3.8, 4) is 11.1 Å². The van der Waals surface area contributed by atoms with Gasteiger partial charge in [-0.25, -0.2) is 4.79 Å². The predicted octanol–water partition coefficient (Wildman–Crippen LogP) is 4.30. The monoisotopic (exact) mass is 439 g/mol. The standard InChI is InChI=1S/C23H18ClNO6/c1-11-15-7-17-18(13-3-5-14(24)6-4-13)10-30-19(17)9-20(15)31-23(29)16(11)8-21(26)25-12(2)22(27)28/h3-7,9-10,12H,8H2,1-2H3,(H,25,26)(H,27,28). The van der Waals surface area contributed by atoms with Crippen molar-refractivity contribution < 1.29 is 23.5 Å². The molecule has 2 aromatic carbocycles. The van der Waals surface area contributed by atoms with Gasteiger partial charge >= 0.3 is 11.6 Å². The van der Waals surface area contributed by atoms with Crippen LogP contribution in [0.25, 0.3) is 33.1 Å². The first kappa shape index (κ1) is 20.7. The van der Waals surface area contributed by atoms with Crippen molar-refractivity contribution in [1.29, 1.82) is 0 Å². The zero-order chi connectivity index (χ0) is 22.3. The minimum Gasteiger partial charge on any atom is -0.480 e. The van der Waals surface area contributed by atoms with Gasteiger partial charge in [0.25, 0.3) is 0 Å². The summed E-state index contributed by atoms with van der Waals surface area (Å²) in [4.78, 5) is 35.7. The van der Waals surface area contributed by atoms with Crippen LogP contribution in [0, 0.1) is 6.92 Å². The Kier molecular flexibility index (Phi) is 5.29. The van der Waals surface area contributed by atoms with Crippen LogP contribution in [0.4, 0.5) is 0 Å². The highest BCUT2D eigenvalue weighted by molar-refractivity contribution is 6.30. The fraction of sp³-hybridized carbons (Fsp3) is 0.174. The lowest BCUT2D eigenvalue weighted by Gasteiger charge is -2.11. The van der Waals surface area contributed by atoms with Crippen molar-refractivity contribution in [3.05, 3.63) is 69.2 Å². The Bertz CT molecular complexity index is 1380. The van der Waals surface area contributed by atoms with Crippen LogP contribution >= 0.6 is 11.6 Å². The summed E-state index contributed by atoms with van der Waals surface area (Å²) in [6.07, 6.45) is 1.34. The molecule has 0 radical (unpaired) electrons. The van der Waals surface area contributed by atoms with E-state index in [9.17, 15) is 14.4 Å². The first-order valence-corrected chi connectivity index (χ1v) is 9.88. The van der Waals surface area contributed by atoms with Crippen LogP contribution in [-0.4, -0.2) is 23.0 Å². The number of rotatable bonds is 5. The SMILES string of the molecule is Cc1c(CC(=O)NC(C)C(=O)O)c(=O)oc2cc3occ(-c4ccc(Cl)cc4)c3cc12. The average molecular weight is 440 g/mol. The number of amides is 1. The normalized spacial score (nSPS) is 12.2. The molecule has 1 unspecified atom stereocenters. The molecule has 0 saturated heterocycles. The second-order valence-electron chi connectivity index (χ2n) is 7.30. The van der Waals surface area contributed by atoms with Crippen molar-refractivity contribution in [2.75, 3.05) is 0 Å². The third-order valence-corrected chi connectivity index (χ3v) is 5.47. The molecular weight excluding hydrogens is 422 g/mol. The molecule has 2 heterocycles. The quantitative estimate of drug-likeness (QED) is 0.448. The maximum Gasteiger partial charge on any atom is 0.340 e. The number of carboxylic acid groups (broad SMARTS) is 1. The number of carbonyl (C=O) groups is 2. The predicted molar refractivity (Wildman–Crippen MR) is 116 cm³/mol. The van der Waals surface area contributed by atoms with Crippen LogP contribution in [0.5, 0.6) is 0 Å². The van der Waals surface area contributed by atoms with Gasteiger partial charge in [0.2, 0.25) is 5.91 Å². The number of nitrogens with one attached hydrogen (secondary N) is 1. The molecule has 31 heavy (non-hydrogen) atoms. The number of fused-ring (bicyclic) bond motifs is 2. The number of aliphatic carboxylic acids is 1. The minimum absolute atomic E-state index is 0.179. The maximum absolute atomic E-state index is 12.5. The van der Waals surface area contributed by atoms with Crippen molar-refractivity contribution in [3.63, 3.8) is 0 Å². The summed E-state index contributed by atoms with van der Waals surface area (Å²) in [7, 11) is 0. The maximum atomic E-state index is 12.5. The number of hydrogen-bond acceptors (Lipinski definition) is 5. The van der Waals surface area contributed by atoms with Gasteiger partial charge in [0.1, 0.15) is 17.2 Å². The number of carboxylic acids is 1. The molecule has 158 valence electrons. The topological polar surface area (TPSA) is 110 Å². The molecule has 1 atom stereocenters. The molecule has 4 aromatic rings. The van der Waals surface area contributed by atoms with Crippen LogP contribution in [0.15, 0.2) is 56.3 Å². The van der Waals surface area contributed by atoms with Gasteiger partial charge < -0.3 is 19.3 Å². The van der Waals surface area contributed by atoms with Crippen LogP contribution < -0.4 is 10.9 Å². The summed E-state index contributed by atoms with van der Waals surface area (Å²) in [5.41, 5.74) is 2.80. The van der Waals surface area contributed by atoms with Crippen LogP contribution in [-0.2, 0) is 16.0 Å². The van der Waals surface area contributed by atoms with Crippen LogP contribution in [0.3, 0.4) is 0 Å². The van der Waals surface area contributed by atoms with E-state index in [1.165, 1.54) is 6.92 Å². The Balaban J connectivity index is 1.79. The van der Waals surface area contributed by atoms with Crippen molar-refractivity contribution in [2.24, 2.45) is 0 Å². The van der Waals surface area contributed by atoms with Gasteiger partial charge in [0.15, 0.2) is 0 Å². The molecule has 1 amide bonds. The highest BCUT2D eigenvalue weighted by Gasteiger charge is 2.20. The lowest BCUT2D eigenvalue weighted by Crippen LogP contribution is -2.39. The minimum atomic E-state index is -1.16. The van der Waals surface area contributed by atoms with Crippen molar-refractivity contribution in [1.82, 2.24) is 5.32 Å². The Labute approximate surface area is 181 Å². The molecule has 8 heteroatoms. The molecule has 0 spiro atoms. The fourth-order valence-corrected chi connectivity index (χ4v) is 3.61. The first-order chi connectivity index (χ1) is 14.7. The van der Waals surface area contributed by atoms with E-state index in [4.69, 9.17) is 25.5 Å². The largest absolute Gasteiger partial charge is 0.480 e. The molecule has 0 aliphatic heterocycles. The van der Waals surface area contributed by atoms with Gasteiger partial charge in [-0.2, -0.15) is 0 Å². The average Bonchev–Trinajstić information content (AvgIpc) is 3.13. The number of benzene rings is 2. The van der Waals surface area contributed by atoms with Gasteiger partial charge in [-0.3, -0.25) is 9.59 Å². The van der Waals surface area contributed by atoms with Crippen molar-refractivity contribution >= 4 is 45.4 Å². The molecular formula is C23H18ClNO6. The Morgan fingerprint density at radius 2 is 1.84 bits per heavy atom. The number of furan rings is 1. The number of carbonyl (C=O) groups excluding carboxylic acids is 1. The van der Waals surface area contributed by atoms with Gasteiger partial charge in [-0.1, -0.05) is 23.7 Å². The highest BCUT2D eigenvalue weighted by Crippen LogP contribution is 2.35. The zero-order valence-corrected chi connectivity index (χ0v) is 17.4. The number of hydrogen-bond donors (Lipinski definition) is 2. The van der Waals surface area contributed by atoms with E-state index in [2.05, 4.69) is 5.32 Å². The van der Waals surface area contributed by atoms with Gasteiger partial charge in [0, 0.05) is 27.4 Å². The third-order valence-electron chi connectivity index (χ3n) is 5.22. The van der Waals surface area contributed by atoms with E-state index in [0.717, 1.165) is 16.5 Å². The van der Waals surface area contributed by atoms with Crippen molar-refractivity contribution in [2.45, 2.75) is 26.3 Å². The Hall–Kier alpha value is -3.58. The van der Waals surface area contributed by atoms with Gasteiger partial charge in [-0.05, 0) is 43.2 Å². The molecule has 4 rings (SSSR count). The van der Waals surface area contributed by atoms with Gasteiger partial charge in [0.05, 0.1) is 18.2 Å². The molecule has 0 aliphatic carbocycles. The molecule has 0 fully saturated rings. The second kappa shape index (κ2) is 7.92. The van der Waals surface area contributed by atoms with E-state index in [0.29, 0.717) is 27.1 Å². The highest BCUT2D eigenvalue weighted by atomic mass is 35.5. The second-order valence-corrected chi connectivity index (χ2v) is 7.73. The third kappa shape index (κ3) is 3.92. The lowest BCUT2D eigenvalue weighted by molar-refractivity contribution is -0.141.